The highest BCUT2D eigenvalue weighted by Crippen LogP contribution is 2.34. The molecule has 2 aromatic rings. The Kier molecular flexibility index (Phi) is 2.67. The Morgan fingerprint density at radius 3 is 2.46 bits per heavy atom. The Labute approximate surface area is 93.5 Å². The second kappa shape index (κ2) is 3.78. The molecule has 0 aliphatic rings. The number of thiazole rings is 1. The summed E-state index contributed by atoms with van der Waals surface area (Å²) in [6.07, 6.45) is 0. The molecule has 66 valence electrons. The van der Waals surface area contributed by atoms with E-state index in [1.807, 2.05) is 30.3 Å². The maximum atomic E-state index is 5.79. The van der Waals surface area contributed by atoms with Gasteiger partial charge in [-0.05, 0) is 15.9 Å². The predicted octanol–water partition coefficient (Wildman–Crippen LogP) is 4.23. The van der Waals surface area contributed by atoms with Crippen LogP contribution in [0.25, 0.3) is 11.3 Å². The van der Waals surface area contributed by atoms with Gasteiger partial charge >= 0.3 is 0 Å². The lowest BCUT2D eigenvalue weighted by atomic mass is 10.2. The van der Waals surface area contributed by atoms with Gasteiger partial charge in [0.25, 0.3) is 0 Å². The molecule has 0 spiro atoms. The second-order valence-corrected chi connectivity index (χ2v) is 5.35. The van der Waals surface area contributed by atoms with E-state index in [1.165, 1.54) is 11.3 Å². The molecule has 0 bridgehead atoms. The van der Waals surface area contributed by atoms with Crippen molar-refractivity contribution in [2.75, 3.05) is 0 Å². The van der Waals surface area contributed by atoms with Gasteiger partial charge in [0.2, 0.25) is 0 Å². The third kappa shape index (κ3) is 1.93. The second-order valence-electron chi connectivity index (χ2n) is 2.46. The molecule has 2 rings (SSSR count). The van der Waals surface area contributed by atoms with E-state index >= 15 is 0 Å². The summed E-state index contributed by atoms with van der Waals surface area (Å²) in [7, 11) is 0. The lowest BCUT2D eigenvalue weighted by molar-refractivity contribution is 1.40. The first-order valence-corrected chi connectivity index (χ1v) is 5.63. The molecule has 13 heavy (non-hydrogen) atoms. The van der Waals surface area contributed by atoms with Crippen LogP contribution >= 0.6 is 38.9 Å². The fourth-order valence-corrected chi connectivity index (χ4v) is 2.97. The van der Waals surface area contributed by atoms with Crippen LogP contribution in [0.3, 0.4) is 0 Å². The summed E-state index contributed by atoms with van der Waals surface area (Å²) in [6.45, 7) is 0. The van der Waals surface area contributed by atoms with Crippen LogP contribution in [0.2, 0.25) is 4.47 Å². The first-order chi connectivity index (χ1) is 6.27. The van der Waals surface area contributed by atoms with E-state index in [2.05, 4.69) is 20.9 Å². The van der Waals surface area contributed by atoms with Gasteiger partial charge in [-0.1, -0.05) is 53.3 Å². The van der Waals surface area contributed by atoms with Crippen LogP contribution in [0.5, 0.6) is 0 Å². The minimum absolute atomic E-state index is 0.561. The normalized spacial score (nSPS) is 10.3. The number of aromatic nitrogens is 1. The van der Waals surface area contributed by atoms with Crippen LogP contribution in [-0.4, -0.2) is 4.98 Å². The van der Waals surface area contributed by atoms with Gasteiger partial charge in [-0.2, -0.15) is 0 Å². The molecule has 0 fully saturated rings. The minimum atomic E-state index is 0.561. The van der Waals surface area contributed by atoms with E-state index in [9.17, 15) is 0 Å². The van der Waals surface area contributed by atoms with Crippen LogP contribution in [0.15, 0.2) is 34.1 Å². The molecule has 0 atom stereocenters. The smallest absolute Gasteiger partial charge is 0.185 e. The summed E-state index contributed by atoms with van der Waals surface area (Å²) in [5, 5.41) is 0. The topological polar surface area (TPSA) is 12.9 Å². The van der Waals surface area contributed by atoms with Gasteiger partial charge in [0.15, 0.2) is 4.47 Å². The highest BCUT2D eigenvalue weighted by Gasteiger charge is 2.08. The Balaban J connectivity index is 2.53. The molecule has 0 aliphatic heterocycles. The van der Waals surface area contributed by atoms with E-state index in [4.69, 9.17) is 11.6 Å². The molecular formula is C9H5BrClNS. The molecule has 1 aromatic carbocycles. The lowest BCUT2D eigenvalue weighted by Crippen LogP contribution is -1.76. The van der Waals surface area contributed by atoms with Gasteiger partial charge < -0.3 is 0 Å². The first-order valence-electron chi connectivity index (χ1n) is 3.64. The van der Waals surface area contributed by atoms with E-state index in [0.29, 0.717) is 4.47 Å². The molecule has 0 radical (unpaired) electrons. The Morgan fingerprint density at radius 1 is 1.23 bits per heavy atom. The van der Waals surface area contributed by atoms with Crippen LogP contribution in [-0.2, 0) is 0 Å². The summed E-state index contributed by atoms with van der Waals surface area (Å²) in [5.74, 6) is 0. The molecule has 0 saturated carbocycles. The van der Waals surface area contributed by atoms with Crippen molar-refractivity contribution in [3.8, 4) is 11.3 Å². The summed E-state index contributed by atoms with van der Waals surface area (Å²) < 4.78 is 1.54. The standard InChI is InChI=1S/C9H5BrClNS/c10-8-7(12-9(11)13-8)6-4-2-1-3-5-6/h1-5H. The molecule has 0 saturated heterocycles. The SMILES string of the molecule is Clc1nc(-c2ccccc2)c(Br)s1. The molecule has 1 aromatic heterocycles. The first kappa shape index (κ1) is 9.19. The fraction of sp³-hybridized carbons (Fsp3) is 0. The van der Waals surface area contributed by atoms with Crippen LogP contribution < -0.4 is 0 Å². The fourth-order valence-electron chi connectivity index (χ4n) is 1.05. The highest BCUT2D eigenvalue weighted by atomic mass is 79.9. The predicted molar refractivity (Wildman–Crippen MR) is 60.3 cm³/mol. The summed E-state index contributed by atoms with van der Waals surface area (Å²) in [5.41, 5.74) is 1.99. The molecular weight excluding hydrogens is 270 g/mol. The van der Waals surface area contributed by atoms with Gasteiger partial charge in [0.1, 0.15) is 0 Å². The molecule has 4 heteroatoms. The number of rotatable bonds is 1. The Morgan fingerprint density at radius 2 is 1.92 bits per heavy atom. The zero-order chi connectivity index (χ0) is 9.26. The Bertz CT molecular complexity index is 413. The van der Waals surface area contributed by atoms with Gasteiger partial charge in [-0.3, -0.25) is 0 Å². The number of hydrogen-bond donors (Lipinski definition) is 0. The number of halogens is 2. The van der Waals surface area contributed by atoms with Crippen molar-refractivity contribution >= 4 is 38.9 Å². The highest BCUT2D eigenvalue weighted by molar-refractivity contribution is 9.11. The average molecular weight is 275 g/mol. The monoisotopic (exact) mass is 273 g/mol. The average Bonchev–Trinajstić information content (AvgIpc) is 2.47. The number of hydrogen-bond acceptors (Lipinski definition) is 2. The van der Waals surface area contributed by atoms with Crippen molar-refractivity contribution in [3.05, 3.63) is 38.6 Å². The maximum Gasteiger partial charge on any atom is 0.185 e. The molecule has 0 unspecified atom stereocenters. The van der Waals surface area contributed by atoms with Gasteiger partial charge in [-0.25, -0.2) is 4.98 Å². The van der Waals surface area contributed by atoms with Crippen molar-refractivity contribution < 1.29 is 0 Å². The number of nitrogens with zero attached hydrogens (tertiary/aromatic N) is 1. The minimum Gasteiger partial charge on any atom is -0.224 e. The van der Waals surface area contributed by atoms with Crippen molar-refractivity contribution in [1.29, 1.82) is 0 Å². The van der Waals surface area contributed by atoms with Crippen molar-refractivity contribution in [1.82, 2.24) is 4.98 Å². The van der Waals surface area contributed by atoms with E-state index in [0.717, 1.165) is 15.0 Å². The Hall–Kier alpha value is -0.380. The van der Waals surface area contributed by atoms with Gasteiger partial charge in [0, 0.05) is 5.56 Å². The van der Waals surface area contributed by atoms with E-state index in [1.54, 1.807) is 0 Å². The molecule has 0 aliphatic carbocycles. The summed E-state index contributed by atoms with van der Waals surface area (Å²) >= 11 is 10.7. The third-order valence-electron chi connectivity index (χ3n) is 1.61. The van der Waals surface area contributed by atoms with Gasteiger partial charge in [0.05, 0.1) is 9.48 Å². The quantitative estimate of drug-likeness (QED) is 0.758. The van der Waals surface area contributed by atoms with Crippen molar-refractivity contribution in [3.63, 3.8) is 0 Å². The molecule has 0 N–H and O–H groups in total. The van der Waals surface area contributed by atoms with Gasteiger partial charge in [-0.15, -0.1) is 0 Å². The summed E-state index contributed by atoms with van der Waals surface area (Å²) in [6, 6.07) is 9.96. The van der Waals surface area contributed by atoms with Crippen LogP contribution in [0.4, 0.5) is 0 Å². The molecule has 1 heterocycles. The van der Waals surface area contributed by atoms with Crippen molar-refractivity contribution in [2.45, 2.75) is 0 Å². The van der Waals surface area contributed by atoms with E-state index in [-0.39, 0.29) is 0 Å². The number of benzene rings is 1. The third-order valence-corrected chi connectivity index (χ3v) is 3.42. The zero-order valence-corrected chi connectivity index (χ0v) is 9.66. The summed E-state index contributed by atoms with van der Waals surface area (Å²) in [4.78, 5) is 4.22. The van der Waals surface area contributed by atoms with E-state index < -0.39 is 0 Å². The maximum absolute atomic E-state index is 5.79. The van der Waals surface area contributed by atoms with Crippen LogP contribution in [0, 0.1) is 0 Å². The molecule has 0 amide bonds. The zero-order valence-electron chi connectivity index (χ0n) is 6.50. The molecule has 1 nitrogen and oxygen atoms in total. The van der Waals surface area contributed by atoms with Crippen LogP contribution in [0.1, 0.15) is 0 Å². The van der Waals surface area contributed by atoms with Crippen molar-refractivity contribution in [2.24, 2.45) is 0 Å². The lowest BCUT2D eigenvalue weighted by Gasteiger charge is -1.95. The largest absolute Gasteiger partial charge is 0.224 e.